The number of allylic oxidation sites excluding steroid dienone is 4. The summed E-state index contributed by atoms with van der Waals surface area (Å²) in [6.45, 7) is 5.68. The topological polar surface area (TPSA) is 9.23 Å². The van der Waals surface area contributed by atoms with Gasteiger partial charge in [-0.15, -0.1) is 0 Å². The van der Waals surface area contributed by atoms with Crippen LogP contribution in [0.4, 0.5) is 0 Å². The van der Waals surface area contributed by atoms with Gasteiger partial charge in [-0.2, -0.15) is 0 Å². The highest BCUT2D eigenvalue weighted by Crippen LogP contribution is 2.24. The normalized spacial score (nSPS) is 19.2. The van der Waals surface area contributed by atoms with Crippen LogP contribution >= 0.6 is 0 Å². The summed E-state index contributed by atoms with van der Waals surface area (Å²) in [7, 11) is 0. The fourth-order valence-corrected chi connectivity index (χ4v) is 1.03. The van der Waals surface area contributed by atoms with E-state index in [-0.39, 0.29) is 0 Å². The second-order valence-corrected chi connectivity index (χ2v) is 2.97. The number of hydrogen-bond donors (Lipinski definition) is 0. The first-order chi connectivity index (χ1) is 5.86. The lowest BCUT2D eigenvalue weighted by Gasteiger charge is -2.26. The highest BCUT2D eigenvalue weighted by atomic mass is 16.5. The third-order valence-electron chi connectivity index (χ3n) is 2.01. The van der Waals surface area contributed by atoms with E-state index in [2.05, 4.69) is 6.58 Å². The van der Waals surface area contributed by atoms with E-state index in [1.165, 1.54) is 19.3 Å². The van der Waals surface area contributed by atoms with Crippen molar-refractivity contribution in [2.24, 2.45) is 0 Å². The Labute approximate surface area is 74.4 Å². The first-order valence-corrected chi connectivity index (χ1v) is 4.49. The van der Waals surface area contributed by atoms with Crippen LogP contribution in [0.2, 0.25) is 0 Å². The second kappa shape index (κ2) is 4.81. The largest absolute Gasteiger partial charge is 0.490 e. The Balaban J connectivity index is 2.38. The Bertz CT molecular complexity index is 197. The fraction of sp³-hybridized carbons (Fsp3) is 0.455. The maximum atomic E-state index is 5.63. The minimum atomic E-state index is 0.444. The molecule has 0 N–H and O–H groups in total. The van der Waals surface area contributed by atoms with Crippen LogP contribution < -0.4 is 0 Å². The molecule has 0 aromatic carbocycles. The van der Waals surface area contributed by atoms with Crippen LogP contribution in [-0.2, 0) is 4.74 Å². The zero-order chi connectivity index (χ0) is 8.81. The average molecular weight is 164 g/mol. The monoisotopic (exact) mass is 164 g/mol. The third kappa shape index (κ3) is 2.57. The molecular weight excluding hydrogens is 148 g/mol. The van der Waals surface area contributed by atoms with Crippen molar-refractivity contribution in [2.45, 2.75) is 32.3 Å². The smallest absolute Gasteiger partial charge is 0.119 e. The molecule has 0 aromatic rings. The van der Waals surface area contributed by atoms with Gasteiger partial charge in [0.1, 0.15) is 5.76 Å². The number of ether oxygens (including phenoxy) is 1. The van der Waals surface area contributed by atoms with Gasteiger partial charge in [-0.1, -0.05) is 18.7 Å². The van der Waals surface area contributed by atoms with Crippen molar-refractivity contribution in [1.29, 1.82) is 0 Å². The summed E-state index contributed by atoms with van der Waals surface area (Å²) in [5, 5.41) is 0. The lowest BCUT2D eigenvalue weighted by molar-refractivity contribution is 0.0593. The average Bonchev–Trinajstić information content (AvgIpc) is 2.02. The summed E-state index contributed by atoms with van der Waals surface area (Å²) < 4.78 is 5.63. The molecule has 12 heavy (non-hydrogen) atoms. The Morgan fingerprint density at radius 1 is 1.50 bits per heavy atom. The van der Waals surface area contributed by atoms with Crippen molar-refractivity contribution < 1.29 is 4.74 Å². The van der Waals surface area contributed by atoms with Crippen molar-refractivity contribution in [2.75, 3.05) is 0 Å². The van der Waals surface area contributed by atoms with Crippen LogP contribution in [0.15, 0.2) is 36.6 Å². The van der Waals surface area contributed by atoms with Crippen molar-refractivity contribution in [1.82, 2.24) is 0 Å². The SMILES string of the molecule is C=C/C(=C\C=C/C)OC1CCC1. The summed E-state index contributed by atoms with van der Waals surface area (Å²) in [6, 6.07) is 0. The zero-order valence-electron chi connectivity index (χ0n) is 7.62. The molecule has 0 aromatic heterocycles. The molecule has 0 amide bonds. The highest BCUT2D eigenvalue weighted by molar-refractivity contribution is 5.16. The van der Waals surface area contributed by atoms with Gasteiger partial charge in [0.05, 0.1) is 6.10 Å². The number of rotatable bonds is 4. The maximum absolute atomic E-state index is 5.63. The quantitative estimate of drug-likeness (QED) is 0.458. The van der Waals surface area contributed by atoms with Gasteiger partial charge in [-0.05, 0) is 38.3 Å². The molecule has 0 aliphatic heterocycles. The van der Waals surface area contributed by atoms with Gasteiger partial charge in [0.15, 0.2) is 0 Å². The van der Waals surface area contributed by atoms with Gasteiger partial charge in [0.25, 0.3) is 0 Å². The molecule has 66 valence electrons. The molecule has 1 nitrogen and oxygen atoms in total. The van der Waals surface area contributed by atoms with Crippen molar-refractivity contribution in [3.63, 3.8) is 0 Å². The van der Waals surface area contributed by atoms with Crippen LogP contribution in [0.1, 0.15) is 26.2 Å². The van der Waals surface area contributed by atoms with Crippen molar-refractivity contribution in [3.05, 3.63) is 36.6 Å². The van der Waals surface area contributed by atoms with Crippen LogP contribution in [0.5, 0.6) is 0 Å². The molecule has 0 saturated heterocycles. The predicted molar refractivity (Wildman–Crippen MR) is 51.8 cm³/mol. The van der Waals surface area contributed by atoms with E-state index in [1.54, 1.807) is 6.08 Å². The molecule has 0 bridgehead atoms. The Morgan fingerprint density at radius 2 is 2.25 bits per heavy atom. The summed E-state index contributed by atoms with van der Waals surface area (Å²) in [5.74, 6) is 0.887. The molecule has 0 unspecified atom stereocenters. The van der Waals surface area contributed by atoms with Crippen LogP contribution in [0, 0.1) is 0 Å². The molecule has 0 radical (unpaired) electrons. The lowest BCUT2D eigenvalue weighted by atomic mass is 9.96. The molecule has 1 aliphatic rings. The maximum Gasteiger partial charge on any atom is 0.119 e. The fourth-order valence-electron chi connectivity index (χ4n) is 1.03. The van der Waals surface area contributed by atoms with E-state index in [4.69, 9.17) is 4.74 Å². The van der Waals surface area contributed by atoms with Gasteiger partial charge in [-0.25, -0.2) is 0 Å². The summed E-state index contributed by atoms with van der Waals surface area (Å²) >= 11 is 0. The first-order valence-electron chi connectivity index (χ1n) is 4.49. The van der Waals surface area contributed by atoms with Crippen molar-refractivity contribution in [3.8, 4) is 0 Å². The van der Waals surface area contributed by atoms with E-state index in [0.717, 1.165) is 5.76 Å². The Hall–Kier alpha value is -0.980. The van der Waals surface area contributed by atoms with Crippen LogP contribution in [0.25, 0.3) is 0 Å². The molecule has 1 aliphatic carbocycles. The number of hydrogen-bond acceptors (Lipinski definition) is 1. The first kappa shape index (κ1) is 9.11. The van der Waals surface area contributed by atoms with E-state index >= 15 is 0 Å². The second-order valence-electron chi connectivity index (χ2n) is 2.97. The lowest BCUT2D eigenvalue weighted by Crippen LogP contribution is -2.20. The molecule has 0 spiro atoms. The van der Waals surface area contributed by atoms with Gasteiger partial charge in [0, 0.05) is 0 Å². The van der Waals surface area contributed by atoms with Crippen molar-refractivity contribution >= 4 is 0 Å². The molecule has 1 saturated carbocycles. The molecule has 1 heteroatoms. The van der Waals surface area contributed by atoms with E-state index in [9.17, 15) is 0 Å². The van der Waals surface area contributed by atoms with Gasteiger partial charge in [0.2, 0.25) is 0 Å². The Morgan fingerprint density at radius 3 is 2.67 bits per heavy atom. The highest BCUT2D eigenvalue weighted by Gasteiger charge is 2.18. The third-order valence-corrected chi connectivity index (χ3v) is 2.01. The summed E-state index contributed by atoms with van der Waals surface area (Å²) in [5.41, 5.74) is 0. The molecule has 0 heterocycles. The van der Waals surface area contributed by atoms with E-state index in [0.29, 0.717) is 6.10 Å². The molecule has 1 rings (SSSR count). The predicted octanol–water partition coefficient (Wildman–Crippen LogP) is 3.20. The van der Waals surface area contributed by atoms with Gasteiger partial charge in [-0.3, -0.25) is 0 Å². The van der Waals surface area contributed by atoms with E-state index in [1.807, 2.05) is 25.2 Å². The molecule has 0 atom stereocenters. The summed E-state index contributed by atoms with van der Waals surface area (Å²) in [6.07, 6.45) is 11.8. The van der Waals surface area contributed by atoms with E-state index < -0.39 is 0 Å². The standard InChI is InChI=1S/C11H16O/c1-3-5-7-10(4-2)12-11-8-6-9-11/h3-5,7,11H,2,6,8-9H2,1H3/b5-3-,10-7+. The Kier molecular flexibility index (Phi) is 3.65. The zero-order valence-corrected chi connectivity index (χ0v) is 7.62. The summed E-state index contributed by atoms with van der Waals surface area (Å²) in [4.78, 5) is 0. The molecular formula is C11H16O. The van der Waals surface area contributed by atoms with Gasteiger partial charge < -0.3 is 4.74 Å². The van der Waals surface area contributed by atoms with Crippen LogP contribution in [-0.4, -0.2) is 6.10 Å². The minimum absolute atomic E-state index is 0.444. The van der Waals surface area contributed by atoms with Crippen LogP contribution in [0.3, 0.4) is 0 Å². The molecule has 1 fully saturated rings. The van der Waals surface area contributed by atoms with Gasteiger partial charge >= 0.3 is 0 Å². The minimum Gasteiger partial charge on any atom is -0.490 e.